The molecule has 0 aromatic carbocycles. The summed E-state index contributed by atoms with van der Waals surface area (Å²) in [5.41, 5.74) is -0.175. The highest BCUT2D eigenvalue weighted by atomic mass is 16.2. The van der Waals surface area contributed by atoms with Gasteiger partial charge in [-0.05, 0) is 44.2 Å². The Labute approximate surface area is 138 Å². The van der Waals surface area contributed by atoms with Crippen LogP contribution >= 0.6 is 0 Å². The molecule has 1 aliphatic rings. The third kappa shape index (κ3) is 3.79. The largest absolute Gasteiger partial charge is 0.334 e. The summed E-state index contributed by atoms with van der Waals surface area (Å²) in [7, 11) is 0. The first kappa shape index (κ1) is 16.2. The van der Waals surface area contributed by atoms with Crippen molar-refractivity contribution in [2.75, 3.05) is 6.54 Å². The molecule has 3 heterocycles. The van der Waals surface area contributed by atoms with E-state index in [1.54, 1.807) is 11.1 Å². The van der Waals surface area contributed by atoms with Crippen molar-refractivity contribution >= 4 is 5.91 Å². The smallest absolute Gasteiger partial charge is 0.326 e. The predicted molar refractivity (Wildman–Crippen MR) is 88.9 cm³/mol. The molecule has 1 fully saturated rings. The lowest BCUT2D eigenvalue weighted by molar-refractivity contribution is 0.0594. The Morgan fingerprint density at radius 1 is 1.25 bits per heavy atom. The molecule has 7 heteroatoms. The third-order valence-corrected chi connectivity index (χ3v) is 4.34. The molecule has 7 nitrogen and oxygen atoms in total. The van der Waals surface area contributed by atoms with Gasteiger partial charge in [-0.2, -0.15) is 0 Å². The summed E-state index contributed by atoms with van der Waals surface area (Å²) in [4.78, 5) is 46.1. The van der Waals surface area contributed by atoms with Crippen LogP contribution in [-0.2, 0) is 6.42 Å². The monoisotopic (exact) mass is 328 g/mol. The van der Waals surface area contributed by atoms with Gasteiger partial charge in [-0.3, -0.25) is 19.6 Å². The number of aromatic amines is 2. The average molecular weight is 328 g/mol. The van der Waals surface area contributed by atoms with Gasteiger partial charge >= 0.3 is 5.69 Å². The van der Waals surface area contributed by atoms with Crippen molar-refractivity contribution in [3.05, 3.63) is 62.7 Å². The van der Waals surface area contributed by atoms with Crippen LogP contribution in [0.5, 0.6) is 0 Å². The molecule has 0 unspecified atom stereocenters. The summed E-state index contributed by atoms with van der Waals surface area (Å²) in [6.07, 6.45) is 6.30. The summed E-state index contributed by atoms with van der Waals surface area (Å²) in [5.74, 6) is -0.288. The highest BCUT2D eigenvalue weighted by molar-refractivity contribution is 5.92. The maximum Gasteiger partial charge on any atom is 0.326 e. The Balaban J connectivity index is 1.75. The highest BCUT2D eigenvalue weighted by Crippen LogP contribution is 2.22. The first-order valence-electron chi connectivity index (χ1n) is 8.18. The van der Waals surface area contributed by atoms with Crippen LogP contribution in [0.1, 0.15) is 41.9 Å². The van der Waals surface area contributed by atoms with E-state index in [1.807, 2.05) is 18.2 Å². The van der Waals surface area contributed by atoms with Crippen molar-refractivity contribution in [1.82, 2.24) is 19.9 Å². The van der Waals surface area contributed by atoms with Gasteiger partial charge in [0, 0.05) is 30.5 Å². The zero-order chi connectivity index (χ0) is 16.9. The SMILES string of the molecule is O=C(c1cc(=O)[nH]c(=O)[nH]1)N1CCCC[C@H]1CCc1ccccn1. The Bertz CT molecular complexity index is 784. The molecular formula is C17H20N4O3. The Morgan fingerprint density at radius 2 is 2.12 bits per heavy atom. The van der Waals surface area contributed by atoms with E-state index >= 15 is 0 Å². The quantitative estimate of drug-likeness (QED) is 0.877. The van der Waals surface area contributed by atoms with Crippen LogP contribution in [0.4, 0.5) is 0 Å². The number of aromatic nitrogens is 3. The van der Waals surface area contributed by atoms with E-state index < -0.39 is 11.2 Å². The van der Waals surface area contributed by atoms with Gasteiger partial charge in [0.15, 0.2) is 0 Å². The van der Waals surface area contributed by atoms with E-state index in [0.29, 0.717) is 6.54 Å². The van der Waals surface area contributed by atoms with Crippen molar-refractivity contribution < 1.29 is 4.79 Å². The van der Waals surface area contributed by atoms with Gasteiger partial charge in [0.2, 0.25) is 0 Å². The van der Waals surface area contributed by atoms with Crippen LogP contribution in [-0.4, -0.2) is 38.3 Å². The van der Waals surface area contributed by atoms with Crippen molar-refractivity contribution in [2.45, 2.75) is 38.1 Å². The molecule has 1 atom stereocenters. The fourth-order valence-corrected chi connectivity index (χ4v) is 3.17. The minimum atomic E-state index is -0.659. The fraction of sp³-hybridized carbons (Fsp3) is 0.412. The van der Waals surface area contributed by atoms with E-state index in [2.05, 4.69) is 15.0 Å². The number of hydrogen-bond donors (Lipinski definition) is 2. The molecule has 0 radical (unpaired) electrons. The number of nitrogens with zero attached hydrogens (tertiary/aromatic N) is 2. The van der Waals surface area contributed by atoms with Gasteiger partial charge in [0.25, 0.3) is 11.5 Å². The van der Waals surface area contributed by atoms with Crippen molar-refractivity contribution in [3.8, 4) is 0 Å². The number of pyridine rings is 1. The van der Waals surface area contributed by atoms with E-state index in [1.165, 1.54) is 0 Å². The minimum Gasteiger partial charge on any atom is -0.334 e. The molecular weight excluding hydrogens is 308 g/mol. The Morgan fingerprint density at radius 3 is 2.88 bits per heavy atom. The molecule has 1 aliphatic heterocycles. The van der Waals surface area contributed by atoms with Gasteiger partial charge < -0.3 is 9.88 Å². The maximum absolute atomic E-state index is 12.7. The number of H-pyrrole nitrogens is 2. The van der Waals surface area contributed by atoms with Gasteiger partial charge in [-0.1, -0.05) is 6.07 Å². The number of amides is 1. The topological polar surface area (TPSA) is 98.9 Å². The van der Waals surface area contributed by atoms with Crippen LogP contribution in [0.2, 0.25) is 0 Å². The zero-order valence-electron chi connectivity index (χ0n) is 13.3. The van der Waals surface area contributed by atoms with E-state index in [4.69, 9.17) is 0 Å². The number of carbonyl (C=O) groups is 1. The number of piperidine rings is 1. The lowest BCUT2D eigenvalue weighted by atomic mass is 9.96. The predicted octanol–water partition coefficient (Wildman–Crippen LogP) is 1.09. The first-order chi connectivity index (χ1) is 11.6. The normalized spacial score (nSPS) is 17.7. The van der Waals surface area contributed by atoms with Crippen molar-refractivity contribution in [1.29, 1.82) is 0 Å². The first-order valence-corrected chi connectivity index (χ1v) is 8.18. The summed E-state index contributed by atoms with van der Waals surface area (Å²) < 4.78 is 0. The molecule has 126 valence electrons. The van der Waals surface area contributed by atoms with E-state index in [9.17, 15) is 14.4 Å². The molecule has 1 amide bonds. The van der Waals surface area contributed by atoms with Crippen LogP contribution in [0.25, 0.3) is 0 Å². The Hall–Kier alpha value is -2.70. The molecule has 0 aliphatic carbocycles. The number of nitrogens with one attached hydrogen (secondary N) is 2. The zero-order valence-corrected chi connectivity index (χ0v) is 13.3. The average Bonchev–Trinajstić information content (AvgIpc) is 2.59. The summed E-state index contributed by atoms with van der Waals surface area (Å²) in [6.45, 7) is 0.639. The molecule has 0 saturated carbocycles. The fourth-order valence-electron chi connectivity index (χ4n) is 3.17. The molecule has 1 saturated heterocycles. The second-order valence-electron chi connectivity index (χ2n) is 6.01. The van der Waals surface area contributed by atoms with E-state index in [-0.39, 0.29) is 17.6 Å². The summed E-state index contributed by atoms with van der Waals surface area (Å²) >= 11 is 0. The third-order valence-electron chi connectivity index (χ3n) is 4.34. The molecule has 0 bridgehead atoms. The van der Waals surface area contributed by atoms with Gasteiger partial charge in [0.05, 0.1) is 0 Å². The van der Waals surface area contributed by atoms with Crippen molar-refractivity contribution in [3.63, 3.8) is 0 Å². The maximum atomic E-state index is 12.7. The van der Waals surface area contributed by atoms with Gasteiger partial charge in [0.1, 0.15) is 5.69 Å². The van der Waals surface area contributed by atoms with Crippen molar-refractivity contribution in [2.24, 2.45) is 0 Å². The lowest BCUT2D eigenvalue weighted by Crippen LogP contribution is -2.45. The molecule has 2 N–H and O–H groups in total. The summed E-state index contributed by atoms with van der Waals surface area (Å²) in [5, 5.41) is 0. The van der Waals surface area contributed by atoms with Crippen LogP contribution in [0.15, 0.2) is 40.1 Å². The molecule has 2 aromatic rings. The number of hydrogen-bond acceptors (Lipinski definition) is 4. The molecule has 3 rings (SSSR count). The number of carbonyl (C=O) groups excluding carboxylic acids is 1. The van der Waals surface area contributed by atoms with Crippen LogP contribution < -0.4 is 11.2 Å². The minimum absolute atomic E-state index is 0.0495. The van der Waals surface area contributed by atoms with Gasteiger partial charge in [-0.15, -0.1) is 0 Å². The van der Waals surface area contributed by atoms with Crippen LogP contribution in [0.3, 0.4) is 0 Å². The molecule has 24 heavy (non-hydrogen) atoms. The van der Waals surface area contributed by atoms with E-state index in [0.717, 1.165) is 43.9 Å². The molecule has 0 spiro atoms. The van der Waals surface area contributed by atoms with Crippen LogP contribution in [0, 0.1) is 0 Å². The standard InChI is InChI=1S/C17H20N4O3/c22-15-11-14(19-17(24)20-15)16(23)21-10-4-2-6-13(21)8-7-12-5-1-3-9-18-12/h1,3,5,9,11,13H,2,4,6-8,10H2,(H2,19,20,22,24)/t13-/m0/s1. The highest BCUT2D eigenvalue weighted by Gasteiger charge is 2.28. The lowest BCUT2D eigenvalue weighted by Gasteiger charge is -2.35. The number of aryl methyl sites for hydroxylation is 1. The second-order valence-corrected chi connectivity index (χ2v) is 6.01. The summed E-state index contributed by atoms with van der Waals surface area (Å²) in [6, 6.07) is 7.05. The Kier molecular flexibility index (Phi) is 4.88. The number of rotatable bonds is 4. The number of likely N-dealkylation sites (tertiary alicyclic amines) is 1. The molecule has 2 aromatic heterocycles. The van der Waals surface area contributed by atoms with Gasteiger partial charge in [-0.25, -0.2) is 4.79 Å². The second kappa shape index (κ2) is 7.25.